The highest BCUT2D eigenvalue weighted by molar-refractivity contribution is 6.11. The van der Waals surface area contributed by atoms with E-state index in [4.69, 9.17) is 14.5 Å². The number of aliphatic carboxylic acids is 1. The number of para-hydroxylation sites is 2. The number of carbonyl (C=O) groups is 2. The Hall–Kier alpha value is -5.32. The van der Waals surface area contributed by atoms with Crippen LogP contribution in [0.1, 0.15) is 48.3 Å². The molecule has 0 saturated heterocycles. The minimum Gasteiger partial charge on any atom is -0.496 e. The van der Waals surface area contributed by atoms with Gasteiger partial charge in [-0.1, -0.05) is 50.2 Å². The molecule has 0 fully saturated rings. The van der Waals surface area contributed by atoms with Crippen molar-refractivity contribution in [2.24, 2.45) is 0 Å². The molecule has 3 aromatic heterocycles. The minimum absolute atomic E-state index is 0.00943. The predicted octanol–water partition coefficient (Wildman–Crippen LogP) is 4.22. The lowest BCUT2D eigenvalue weighted by atomic mass is 9.90. The zero-order chi connectivity index (χ0) is 30.8. The summed E-state index contributed by atoms with van der Waals surface area (Å²) in [5.41, 5.74) is 0.562. The fourth-order valence-electron chi connectivity index (χ4n) is 5.28. The fourth-order valence-corrected chi connectivity index (χ4v) is 5.28. The lowest BCUT2D eigenvalue weighted by molar-refractivity contribution is -0.137. The molecule has 0 radical (unpaired) electrons. The molecular weight excluding hydrogens is 552 g/mol. The summed E-state index contributed by atoms with van der Waals surface area (Å²) in [5, 5.41) is 10.2. The molecule has 5 rings (SSSR count). The second kappa shape index (κ2) is 11.9. The first-order chi connectivity index (χ1) is 20.7. The van der Waals surface area contributed by atoms with E-state index in [0.29, 0.717) is 38.0 Å². The summed E-state index contributed by atoms with van der Waals surface area (Å²) < 4.78 is 12.9. The standard InChI is InChI=1S/C32H30N4O7/c1-5-43-31(40)26-25(21-14-15-33-22-12-8-7-11-20(21)22)27-29(34-28(26)18(2)3)35(16-19-10-6-9-13-23(19)42-4)32(41)36(30(27)39)17-24(37)38/h6-15,18H,5,16-17H2,1-4H3,(H,37,38). The highest BCUT2D eigenvalue weighted by Crippen LogP contribution is 2.38. The summed E-state index contributed by atoms with van der Waals surface area (Å²) in [5.74, 6) is -1.91. The number of hydrogen-bond acceptors (Lipinski definition) is 8. The van der Waals surface area contributed by atoms with Crippen molar-refractivity contribution in [3.05, 3.63) is 98.5 Å². The summed E-state index contributed by atoms with van der Waals surface area (Å²) in [4.78, 5) is 62.9. The molecule has 5 aromatic rings. The number of esters is 1. The van der Waals surface area contributed by atoms with Gasteiger partial charge in [-0.3, -0.25) is 19.1 Å². The third kappa shape index (κ3) is 5.25. The van der Waals surface area contributed by atoms with Gasteiger partial charge in [-0.2, -0.15) is 0 Å². The molecule has 3 heterocycles. The number of carbonyl (C=O) groups excluding carboxylic acids is 1. The van der Waals surface area contributed by atoms with Crippen LogP contribution in [0.2, 0.25) is 0 Å². The zero-order valence-electron chi connectivity index (χ0n) is 24.2. The van der Waals surface area contributed by atoms with E-state index < -0.39 is 29.7 Å². The minimum atomic E-state index is -1.38. The highest BCUT2D eigenvalue weighted by Gasteiger charge is 2.30. The van der Waals surface area contributed by atoms with E-state index in [1.807, 2.05) is 32.0 Å². The predicted molar refractivity (Wildman–Crippen MR) is 161 cm³/mol. The van der Waals surface area contributed by atoms with E-state index >= 15 is 0 Å². The number of carboxylic acids is 1. The van der Waals surface area contributed by atoms with Gasteiger partial charge < -0.3 is 14.6 Å². The van der Waals surface area contributed by atoms with Crippen LogP contribution in [0.15, 0.2) is 70.4 Å². The summed E-state index contributed by atoms with van der Waals surface area (Å²) in [6.07, 6.45) is 1.56. The molecule has 0 spiro atoms. The number of rotatable bonds is 9. The summed E-state index contributed by atoms with van der Waals surface area (Å²) in [7, 11) is 1.50. The van der Waals surface area contributed by atoms with E-state index in [9.17, 15) is 24.3 Å². The topological polar surface area (TPSA) is 143 Å². The van der Waals surface area contributed by atoms with Crippen LogP contribution < -0.4 is 16.0 Å². The summed E-state index contributed by atoms with van der Waals surface area (Å²) >= 11 is 0. The van der Waals surface area contributed by atoms with Crippen molar-refractivity contribution < 1.29 is 24.2 Å². The molecular formula is C32H30N4O7. The van der Waals surface area contributed by atoms with Gasteiger partial charge in [-0.25, -0.2) is 19.1 Å². The van der Waals surface area contributed by atoms with Crippen molar-refractivity contribution in [2.45, 2.75) is 39.8 Å². The Kier molecular flexibility index (Phi) is 8.07. The number of carboxylic acid groups (broad SMARTS) is 1. The molecule has 0 saturated carbocycles. The van der Waals surface area contributed by atoms with Crippen molar-refractivity contribution in [1.82, 2.24) is 19.1 Å². The van der Waals surface area contributed by atoms with Crippen molar-refractivity contribution in [3.63, 3.8) is 0 Å². The molecule has 0 atom stereocenters. The third-order valence-electron chi connectivity index (χ3n) is 7.14. The Bertz CT molecular complexity index is 2000. The van der Waals surface area contributed by atoms with Crippen molar-refractivity contribution in [2.75, 3.05) is 13.7 Å². The van der Waals surface area contributed by atoms with Gasteiger partial charge in [0.05, 0.1) is 42.4 Å². The Morgan fingerprint density at radius 1 is 1.00 bits per heavy atom. The molecule has 11 heteroatoms. The number of methoxy groups -OCH3 is 1. The Balaban J connectivity index is 2.05. The average molecular weight is 583 g/mol. The molecule has 43 heavy (non-hydrogen) atoms. The Labute approximate surface area is 246 Å². The van der Waals surface area contributed by atoms with E-state index in [0.717, 1.165) is 0 Å². The van der Waals surface area contributed by atoms with E-state index in [-0.39, 0.29) is 41.2 Å². The van der Waals surface area contributed by atoms with Crippen molar-refractivity contribution >= 4 is 33.9 Å². The smallest absolute Gasteiger partial charge is 0.340 e. The maximum absolute atomic E-state index is 14.2. The first kappa shape index (κ1) is 29.2. The Morgan fingerprint density at radius 2 is 1.72 bits per heavy atom. The summed E-state index contributed by atoms with van der Waals surface area (Å²) in [6.45, 7) is 4.46. The van der Waals surface area contributed by atoms with Crippen LogP contribution in [0.4, 0.5) is 0 Å². The zero-order valence-corrected chi connectivity index (χ0v) is 24.2. The number of aromatic nitrogens is 4. The number of ether oxygens (including phenoxy) is 2. The molecule has 0 aliphatic rings. The van der Waals surface area contributed by atoms with Gasteiger partial charge in [0.1, 0.15) is 12.3 Å². The van der Waals surface area contributed by atoms with Gasteiger partial charge in [0.25, 0.3) is 5.56 Å². The molecule has 0 bridgehead atoms. The SMILES string of the molecule is CCOC(=O)c1c(C(C)C)nc2c(c1-c1ccnc3ccccc13)c(=O)n(CC(=O)O)c(=O)n2Cc1ccccc1OC. The van der Waals surface area contributed by atoms with Gasteiger partial charge in [0.15, 0.2) is 5.65 Å². The van der Waals surface area contributed by atoms with Crippen LogP contribution in [0.5, 0.6) is 5.75 Å². The number of fused-ring (bicyclic) bond motifs is 2. The van der Waals surface area contributed by atoms with E-state index in [2.05, 4.69) is 4.98 Å². The molecule has 0 aliphatic carbocycles. The first-order valence-corrected chi connectivity index (χ1v) is 13.7. The number of benzene rings is 2. The number of hydrogen-bond donors (Lipinski definition) is 1. The molecule has 220 valence electrons. The highest BCUT2D eigenvalue weighted by atomic mass is 16.5. The van der Waals surface area contributed by atoms with Gasteiger partial charge in [0.2, 0.25) is 0 Å². The van der Waals surface area contributed by atoms with Gasteiger partial charge in [-0.05, 0) is 36.6 Å². The van der Waals surface area contributed by atoms with Crippen LogP contribution >= 0.6 is 0 Å². The van der Waals surface area contributed by atoms with Crippen LogP contribution in [0, 0.1) is 0 Å². The number of pyridine rings is 2. The lowest BCUT2D eigenvalue weighted by Gasteiger charge is -2.22. The molecule has 1 N–H and O–H groups in total. The van der Waals surface area contributed by atoms with Crippen LogP contribution in [-0.2, 0) is 22.6 Å². The maximum atomic E-state index is 14.2. The quantitative estimate of drug-likeness (QED) is 0.253. The second-order valence-corrected chi connectivity index (χ2v) is 10.2. The van der Waals surface area contributed by atoms with Gasteiger partial charge >= 0.3 is 17.6 Å². The third-order valence-corrected chi connectivity index (χ3v) is 7.14. The van der Waals surface area contributed by atoms with Crippen LogP contribution in [0.3, 0.4) is 0 Å². The second-order valence-electron chi connectivity index (χ2n) is 10.2. The number of nitrogens with zero attached hydrogens (tertiary/aromatic N) is 4. The van der Waals surface area contributed by atoms with Crippen LogP contribution in [0.25, 0.3) is 33.1 Å². The fraction of sp³-hybridized carbons (Fsp3) is 0.250. The normalized spacial score (nSPS) is 11.3. The molecule has 0 amide bonds. The molecule has 0 aliphatic heterocycles. The first-order valence-electron chi connectivity index (χ1n) is 13.7. The van der Waals surface area contributed by atoms with Crippen LogP contribution in [-0.4, -0.2) is 49.9 Å². The van der Waals surface area contributed by atoms with Gasteiger partial charge in [-0.15, -0.1) is 0 Å². The largest absolute Gasteiger partial charge is 0.496 e. The van der Waals surface area contributed by atoms with E-state index in [1.165, 1.54) is 11.7 Å². The van der Waals surface area contributed by atoms with Crippen molar-refractivity contribution in [3.8, 4) is 16.9 Å². The Morgan fingerprint density at radius 3 is 2.42 bits per heavy atom. The maximum Gasteiger partial charge on any atom is 0.340 e. The lowest BCUT2D eigenvalue weighted by Crippen LogP contribution is -2.42. The average Bonchev–Trinajstić information content (AvgIpc) is 3.00. The summed E-state index contributed by atoms with van der Waals surface area (Å²) in [6, 6.07) is 16.0. The molecule has 0 unspecified atom stereocenters. The molecule has 11 nitrogen and oxygen atoms in total. The van der Waals surface area contributed by atoms with Gasteiger partial charge in [0, 0.05) is 22.7 Å². The monoisotopic (exact) mass is 582 g/mol. The molecule has 2 aromatic carbocycles. The van der Waals surface area contributed by atoms with Crippen molar-refractivity contribution in [1.29, 1.82) is 0 Å². The van der Waals surface area contributed by atoms with E-state index in [1.54, 1.807) is 49.5 Å².